The van der Waals surface area contributed by atoms with Crippen LogP contribution in [0.2, 0.25) is 0 Å². The van der Waals surface area contributed by atoms with Gasteiger partial charge in [0.2, 0.25) is 5.91 Å². The smallest absolute Gasteiger partial charge is 0.412 e. The first-order valence-corrected chi connectivity index (χ1v) is 16.2. The van der Waals surface area contributed by atoms with Crippen molar-refractivity contribution in [3.63, 3.8) is 0 Å². The Labute approximate surface area is 267 Å². The number of carbonyl (C=O) groups excluding carboxylic acids is 3. The minimum absolute atomic E-state index is 0.0564. The lowest BCUT2D eigenvalue weighted by molar-refractivity contribution is -0.123. The third-order valence-electron chi connectivity index (χ3n) is 8.11. The Morgan fingerprint density at radius 3 is 2.29 bits per heavy atom. The molecule has 0 aliphatic carbocycles. The van der Waals surface area contributed by atoms with E-state index in [0.29, 0.717) is 31.9 Å². The summed E-state index contributed by atoms with van der Waals surface area (Å²) in [6.07, 6.45) is 5.44. The van der Waals surface area contributed by atoms with E-state index in [9.17, 15) is 14.4 Å². The van der Waals surface area contributed by atoms with Crippen LogP contribution in [0.4, 0.5) is 10.5 Å². The molecule has 2 aromatic rings. The number of hydrogen-bond acceptors (Lipinski definition) is 8. The number of anilines is 1. The Morgan fingerprint density at radius 2 is 1.64 bits per heavy atom. The molecular formula is C34H50N6O5. The summed E-state index contributed by atoms with van der Waals surface area (Å²) >= 11 is 0. The van der Waals surface area contributed by atoms with Crippen molar-refractivity contribution in [1.82, 2.24) is 25.4 Å². The van der Waals surface area contributed by atoms with Crippen LogP contribution in [-0.2, 0) is 20.7 Å². The van der Waals surface area contributed by atoms with Gasteiger partial charge >= 0.3 is 6.09 Å². The number of hydrogen-bond donors (Lipinski definition) is 3. The van der Waals surface area contributed by atoms with Crippen LogP contribution in [0.1, 0.15) is 69.4 Å². The molecule has 0 atom stereocenters. The van der Waals surface area contributed by atoms with E-state index in [4.69, 9.17) is 9.47 Å². The van der Waals surface area contributed by atoms with E-state index in [1.807, 2.05) is 19.2 Å². The number of ether oxygens (including phenoxy) is 2. The average molecular weight is 623 g/mol. The highest BCUT2D eigenvalue weighted by molar-refractivity contribution is 6.01. The lowest BCUT2D eigenvalue weighted by Crippen LogP contribution is -2.46. The van der Waals surface area contributed by atoms with E-state index < -0.39 is 11.7 Å². The zero-order valence-electron chi connectivity index (χ0n) is 27.5. The van der Waals surface area contributed by atoms with Gasteiger partial charge in [0.1, 0.15) is 5.60 Å². The van der Waals surface area contributed by atoms with Crippen LogP contribution < -0.4 is 16.0 Å². The predicted molar refractivity (Wildman–Crippen MR) is 175 cm³/mol. The fourth-order valence-corrected chi connectivity index (χ4v) is 5.68. The van der Waals surface area contributed by atoms with E-state index in [-0.39, 0.29) is 29.7 Å². The molecule has 1 aromatic carbocycles. The highest BCUT2D eigenvalue weighted by atomic mass is 16.6. The lowest BCUT2D eigenvalue weighted by Gasteiger charge is -2.37. The fraction of sp³-hybridized carbons (Fsp3) is 0.588. The maximum Gasteiger partial charge on any atom is 0.412 e. The van der Waals surface area contributed by atoms with Crippen LogP contribution in [0.15, 0.2) is 36.5 Å². The highest BCUT2D eigenvalue weighted by Crippen LogP contribution is 2.28. The molecule has 2 aliphatic heterocycles. The first-order chi connectivity index (χ1) is 21.5. The van der Waals surface area contributed by atoms with Crippen molar-refractivity contribution in [3.8, 4) is 11.1 Å². The van der Waals surface area contributed by atoms with E-state index >= 15 is 0 Å². The van der Waals surface area contributed by atoms with Crippen LogP contribution in [0.3, 0.4) is 0 Å². The topological polar surface area (TPSA) is 125 Å². The number of carbonyl (C=O) groups is 3. The van der Waals surface area contributed by atoms with Crippen molar-refractivity contribution >= 4 is 23.6 Å². The second kappa shape index (κ2) is 16.1. The monoisotopic (exact) mass is 622 g/mol. The molecule has 3 heterocycles. The van der Waals surface area contributed by atoms with Gasteiger partial charge in [-0.05, 0) is 77.1 Å². The molecule has 246 valence electrons. The van der Waals surface area contributed by atoms with Crippen LogP contribution in [0, 0.1) is 0 Å². The highest BCUT2D eigenvalue weighted by Gasteiger charge is 2.30. The number of nitrogens with zero attached hydrogens (tertiary/aromatic N) is 3. The molecule has 3 amide bonds. The summed E-state index contributed by atoms with van der Waals surface area (Å²) in [5.74, 6) is -0.171. The maximum atomic E-state index is 13.7. The van der Waals surface area contributed by atoms with Gasteiger partial charge < -0.3 is 25.0 Å². The van der Waals surface area contributed by atoms with E-state index in [2.05, 4.69) is 44.9 Å². The molecular weight excluding hydrogens is 572 g/mol. The molecule has 0 spiro atoms. The predicted octanol–water partition coefficient (Wildman–Crippen LogP) is 4.08. The van der Waals surface area contributed by atoms with Gasteiger partial charge in [0, 0.05) is 51.0 Å². The first kappa shape index (κ1) is 34.3. The fourth-order valence-electron chi connectivity index (χ4n) is 5.68. The van der Waals surface area contributed by atoms with Gasteiger partial charge in [0.25, 0.3) is 5.91 Å². The van der Waals surface area contributed by atoms with Crippen LogP contribution >= 0.6 is 0 Å². The molecule has 0 saturated carbocycles. The number of rotatable bonds is 11. The van der Waals surface area contributed by atoms with Crippen LogP contribution in [0.25, 0.3) is 11.1 Å². The number of pyridine rings is 1. The SMILES string of the molecule is CCc1cccc(-c2cnc(C(=O)N3CCC(OC4CCN(CC(=O)NCCNC)CC4)CC3)c(NC(=O)OC(C)(C)C)c2)c1. The van der Waals surface area contributed by atoms with Gasteiger partial charge in [-0.25, -0.2) is 9.78 Å². The Balaban J connectivity index is 1.34. The quantitative estimate of drug-likeness (QED) is 0.320. The first-order valence-electron chi connectivity index (χ1n) is 16.2. The van der Waals surface area contributed by atoms with Crippen molar-refractivity contribution in [2.24, 2.45) is 0 Å². The Morgan fingerprint density at radius 1 is 0.956 bits per heavy atom. The number of aryl methyl sites for hydroxylation is 1. The summed E-state index contributed by atoms with van der Waals surface area (Å²) in [5, 5.41) is 8.75. The van der Waals surface area contributed by atoms with Crippen molar-refractivity contribution in [2.75, 3.05) is 58.2 Å². The normalized spacial score (nSPS) is 16.8. The molecule has 0 unspecified atom stereocenters. The molecule has 4 rings (SSSR count). The minimum atomic E-state index is -0.686. The lowest BCUT2D eigenvalue weighted by atomic mass is 10.0. The molecule has 1 aromatic heterocycles. The number of likely N-dealkylation sites (N-methyl/N-ethyl adjacent to an activating group) is 1. The number of piperidine rings is 2. The number of likely N-dealkylation sites (tertiary alicyclic amines) is 2. The molecule has 2 fully saturated rings. The average Bonchev–Trinajstić information content (AvgIpc) is 3.01. The van der Waals surface area contributed by atoms with Gasteiger partial charge in [-0.3, -0.25) is 19.8 Å². The summed E-state index contributed by atoms with van der Waals surface area (Å²) in [5.41, 5.74) is 2.79. The molecule has 11 nitrogen and oxygen atoms in total. The Bertz CT molecular complexity index is 1300. The van der Waals surface area contributed by atoms with Crippen LogP contribution in [0.5, 0.6) is 0 Å². The van der Waals surface area contributed by atoms with Crippen molar-refractivity contribution in [1.29, 1.82) is 0 Å². The molecule has 2 saturated heterocycles. The molecule has 2 aliphatic rings. The van der Waals surface area contributed by atoms with Gasteiger partial charge in [0.15, 0.2) is 5.69 Å². The summed E-state index contributed by atoms with van der Waals surface area (Å²) in [6.45, 7) is 12.1. The summed E-state index contributed by atoms with van der Waals surface area (Å²) in [7, 11) is 1.87. The standard InChI is InChI=1S/C34H50N6O5/c1-6-24-8-7-9-25(20-24)26-21-29(38-33(43)45-34(2,3)4)31(37-22-26)32(42)40-18-12-28(13-19-40)44-27-10-16-39(17-11-27)23-30(41)36-15-14-35-5/h7-9,20-22,27-28,35H,6,10-19,23H2,1-5H3,(H,36,41)(H,38,43). The van der Waals surface area contributed by atoms with Crippen molar-refractivity contribution < 1.29 is 23.9 Å². The van der Waals surface area contributed by atoms with Gasteiger partial charge in [-0.15, -0.1) is 0 Å². The molecule has 0 radical (unpaired) electrons. The van der Waals surface area contributed by atoms with E-state index in [0.717, 1.165) is 62.9 Å². The minimum Gasteiger partial charge on any atom is -0.444 e. The van der Waals surface area contributed by atoms with Gasteiger partial charge in [0.05, 0.1) is 24.4 Å². The second-order valence-electron chi connectivity index (χ2n) is 12.9. The molecule has 45 heavy (non-hydrogen) atoms. The Kier molecular flexibility index (Phi) is 12.3. The van der Waals surface area contributed by atoms with E-state index in [1.165, 1.54) is 5.56 Å². The molecule has 11 heteroatoms. The third-order valence-corrected chi connectivity index (χ3v) is 8.11. The number of aromatic nitrogens is 1. The van der Waals surface area contributed by atoms with Gasteiger partial charge in [-0.2, -0.15) is 0 Å². The van der Waals surface area contributed by atoms with E-state index in [1.54, 1.807) is 37.9 Å². The summed E-state index contributed by atoms with van der Waals surface area (Å²) < 4.78 is 11.9. The van der Waals surface area contributed by atoms with Crippen molar-refractivity contribution in [2.45, 2.75) is 77.6 Å². The zero-order valence-corrected chi connectivity index (χ0v) is 27.5. The number of amides is 3. The van der Waals surface area contributed by atoms with Crippen LogP contribution in [-0.4, -0.2) is 103 Å². The number of nitrogens with one attached hydrogen (secondary N) is 3. The van der Waals surface area contributed by atoms with Crippen molar-refractivity contribution in [3.05, 3.63) is 47.8 Å². The molecule has 3 N–H and O–H groups in total. The second-order valence-corrected chi connectivity index (χ2v) is 12.9. The zero-order chi connectivity index (χ0) is 32.4. The largest absolute Gasteiger partial charge is 0.444 e. The summed E-state index contributed by atoms with van der Waals surface area (Å²) in [6, 6.07) is 9.95. The summed E-state index contributed by atoms with van der Waals surface area (Å²) in [4.78, 5) is 47.1. The van der Waals surface area contributed by atoms with Gasteiger partial charge in [-0.1, -0.05) is 31.2 Å². The Hall–Kier alpha value is -3.54. The third kappa shape index (κ3) is 10.5. The molecule has 0 bridgehead atoms. The maximum absolute atomic E-state index is 13.7. The number of benzene rings is 1.